The second-order valence-corrected chi connectivity index (χ2v) is 5.98. The highest BCUT2D eigenvalue weighted by molar-refractivity contribution is 6.33. The SMILES string of the molecule is CC1(C)Oc2cc(N)c(Cl)cc2N(c2ccc(F)cc2)C1=O. The molecule has 0 spiro atoms. The van der Waals surface area contributed by atoms with Crippen molar-refractivity contribution in [2.75, 3.05) is 10.6 Å². The predicted octanol–water partition coefficient (Wildman–Crippen LogP) is 3.90. The van der Waals surface area contributed by atoms with Gasteiger partial charge in [-0.3, -0.25) is 9.69 Å². The molecule has 0 fully saturated rings. The Balaban J connectivity index is 2.22. The van der Waals surface area contributed by atoms with Crippen molar-refractivity contribution in [3.63, 3.8) is 0 Å². The Kier molecular flexibility index (Phi) is 3.25. The second-order valence-electron chi connectivity index (χ2n) is 5.57. The number of ether oxygens (including phenoxy) is 1. The van der Waals surface area contributed by atoms with E-state index in [-0.39, 0.29) is 11.7 Å². The van der Waals surface area contributed by atoms with Crippen LogP contribution in [0.3, 0.4) is 0 Å². The first-order valence-electron chi connectivity index (χ1n) is 6.68. The van der Waals surface area contributed by atoms with E-state index >= 15 is 0 Å². The van der Waals surface area contributed by atoms with Gasteiger partial charge in [0.1, 0.15) is 11.6 Å². The van der Waals surface area contributed by atoms with Gasteiger partial charge in [-0.05, 0) is 44.2 Å². The van der Waals surface area contributed by atoms with Crippen molar-refractivity contribution >= 4 is 34.6 Å². The summed E-state index contributed by atoms with van der Waals surface area (Å²) >= 11 is 6.06. The topological polar surface area (TPSA) is 55.6 Å². The van der Waals surface area contributed by atoms with E-state index in [4.69, 9.17) is 22.1 Å². The summed E-state index contributed by atoms with van der Waals surface area (Å²) in [5.41, 5.74) is 6.12. The fraction of sp³-hybridized carbons (Fsp3) is 0.188. The first-order valence-corrected chi connectivity index (χ1v) is 7.05. The summed E-state index contributed by atoms with van der Waals surface area (Å²) in [6.45, 7) is 3.33. The number of hydrogen-bond donors (Lipinski definition) is 1. The maximum absolute atomic E-state index is 13.2. The number of nitrogens with zero attached hydrogens (tertiary/aromatic N) is 1. The average molecular weight is 321 g/mol. The van der Waals surface area contributed by atoms with E-state index in [0.717, 1.165) is 0 Å². The van der Waals surface area contributed by atoms with E-state index in [9.17, 15) is 9.18 Å². The molecule has 3 rings (SSSR count). The molecular formula is C16H14ClFN2O2. The van der Waals surface area contributed by atoms with Crippen LogP contribution >= 0.6 is 11.6 Å². The number of benzene rings is 2. The molecule has 4 nitrogen and oxygen atoms in total. The summed E-state index contributed by atoms with van der Waals surface area (Å²) in [4.78, 5) is 14.2. The van der Waals surface area contributed by atoms with Crippen molar-refractivity contribution in [1.82, 2.24) is 0 Å². The van der Waals surface area contributed by atoms with Crippen molar-refractivity contribution < 1.29 is 13.9 Å². The number of nitrogen functional groups attached to an aromatic ring is 1. The number of carbonyl (C=O) groups is 1. The zero-order valence-electron chi connectivity index (χ0n) is 12.1. The van der Waals surface area contributed by atoms with Crippen LogP contribution in [0.2, 0.25) is 5.02 Å². The van der Waals surface area contributed by atoms with Gasteiger partial charge in [0.15, 0.2) is 5.60 Å². The number of fused-ring (bicyclic) bond motifs is 1. The van der Waals surface area contributed by atoms with Crippen LogP contribution in [-0.4, -0.2) is 11.5 Å². The van der Waals surface area contributed by atoms with Gasteiger partial charge in [-0.15, -0.1) is 0 Å². The largest absolute Gasteiger partial charge is 0.476 e. The third-order valence-corrected chi connectivity index (χ3v) is 3.81. The van der Waals surface area contributed by atoms with E-state index in [1.165, 1.54) is 29.2 Å². The molecule has 2 aromatic carbocycles. The molecule has 0 aliphatic carbocycles. The van der Waals surface area contributed by atoms with Gasteiger partial charge in [0.2, 0.25) is 0 Å². The molecule has 1 amide bonds. The molecule has 2 aromatic rings. The number of carbonyl (C=O) groups excluding carboxylic acids is 1. The normalized spacial score (nSPS) is 16.2. The second kappa shape index (κ2) is 4.88. The fourth-order valence-electron chi connectivity index (χ4n) is 2.36. The van der Waals surface area contributed by atoms with Gasteiger partial charge in [-0.2, -0.15) is 0 Å². The van der Waals surface area contributed by atoms with Crippen LogP contribution in [0.25, 0.3) is 0 Å². The van der Waals surface area contributed by atoms with Gasteiger partial charge in [0.25, 0.3) is 5.91 Å². The van der Waals surface area contributed by atoms with Gasteiger partial charge in [0.05, 0.1) is 16.4 Å². The number of hydrogen-bond acceptors (Lipinski definition) is 3. The first-order chi connectivity index (χ1) is 10.3. The van der Waals surface area contributed by atoms with Crippen molar-refractivity contribution in [2.45, 2.75) is 19.4 Å². The molecule has 0 saturated heterocycles. The van der Waals surface area contributed by atoms with E-state index < -0.39 is 5.60 Å². The first kappa shape index (κ1) is 14.7. The van der Waals surface area contributed by atoms with Crippen LogP contribution in [0.15, 0.2) is 36.4 Å². The lowest BCUT2D eigenvalue weighted by Gasteiger charge is -2.39. The molecule has 0 radical (unpaired) electrons. The Morgan fingerprint density at radius 1 is 1.23 bits per heavy atom. The Hall–Kier alpha value is -2.27. The molecule has 1 aliphatic rings. The molecule has 0 atom stereocenters. The fourth-order valence-corrected chi connectivity index (χ4v) is 2.52. The quantitative estimate of drug-likeness (QED) is 0.811. The number of rotatable bonds is 1. The predicted molar refractivity (Wildman–Crippen MR) is 84.1 cm³/mol. The molecule has 114 valence electrons. The van der Waals surface area contributed by atoms with Crippen LogP contribution in [0.4, 0.5) is 21.5 Å². The van der Waals surface area contributed by atoms with Crippen LogP contribution in [-0.2, 0) is 4.79 Å². The van der Waals surface area contributed by atoms with Crippen LogP contribution in [0, 0.1) is 5.82 Å². The van der Waals surface area contributed by atoms with Crippen molar-refractivity contribution in [3.8, 4) is 5.75 Å². The monoisotopic (exact) mass is 320 g/mol. The molecule has 0 saturated carbocycles. The minimum Gasteiger partial charge on any atom is -0.476 e. The van der Waals surface area contributed by atoms with Crippen LogP contribution in [0.5, 0.6) is 5.75 Å². The Morgan fingerprint density at radius 2 is 1.86 bits per heavy atom. The number of nitrogens with two attached hydrogens (primary N) is 1. The average Bonchev–Trinajstić information content (AvgIpc) is 2.44. The summed E-state index contributed by atoms with van der Waals surface area (Å²) in [6, 6.07) is 8.81. The maximum Gasteiger partial charge on any atom is 0.275 e. The molecule has 1 heterocycles. The van der Waals surface area contributed by atoms with Crippen LogP contribution in [0.1, 0.15) is 13.8 Å². The zero-order chi connectivity index (χ0) is 16.1. The van der Waals surface area contributed by atoms with Crippen molar-refractivity contribution in [1.29, 1.82) is 0 Å². The number of halogens is 2. The lowest BCUT2D eigenvalue weighted by molar-refractivity contribution is -0.131. The van der Waals surface area contributed by atoms with E-state index in [0.29, 0.717) is 27.8 Å². The molecular weight excluding hydrogens is 307 g/mol. The Labute approximate surface area is 132 Å². The highest BCUT2D eigenvalue weighted by Gasteiger charge is 2.42. The highest BCUT2D eigenvalue weighted by atomic mass is 35.5. The molecule has 2 N–H and O–H groups in total. The summed E-state index contributed by atoms with van der Waals surface area (Å²) in [7, 11) is 0. The van der Waals surface area contributed by atoms with Crippen molar-refractivity contribution in [2.24, 2.45) is 0 Å². The summed E-state index contributed by atoms with van der Waals surface area (Å²) in [5.74, 6) is -0.192. The lowest BCUT2D eigenvalue weighted by Crippen LogP contribution is -2.50. The van der Waals surface area contributed by atoms with Gasteiger partial charge >= 0.3 is 0 Å². The lowest BCUT2D eigenvalue weighted by atomic mass is 10.0. The van der Waals surface area contributed by atoms with Crippen LogP contribution < -0.4 is 15.4 Å². The molecule has 6 heteroatoms. The number of amides is 1. The van der Waals surface area contributed by atoms with Gasteiger partial charge < -0.3 is 10.5 Å². The Morgan fingerprint density at radius 3 is 2.50 bits per heavy atom. The summed E-state index contributed by atoms with van der Waals surface area (Å²) < 4.78 is 18.9. The van der Waals surface area contributed by atoms with Crippen molar-refractivity contribution in [3.05, 3.63) is 47.2 Å². The smallest absolute Gasteiger partial charge is 0.275 e. The maximum atomic E-state index is 13.2. The standard InChI is InChI=1S/C16H14ClFN2O2/c1-16(2)15(21)20(10-5-3-9(18)4-6-10)13-7-11(17)12(19)8-14(13)22-16/h3-8H,19H2,1-2H3. The summed E-state index contributed by atoms with van der Waals surface area (Å²) in [5, 5.41) is 0.321. The third-order valence-electron chi connectivity index (χ3n) is 3.49. The van der Waals surface area contributed by atoms with Gasteiger partial charge in [-0.25, -0.2) is 4.39 Å². The van der Waals surface area contributed by atoms with E-state index in [1.54, 1.807) is 26.0 Å². The van der Waals surface area contributed by atoms with E-state index in [1.807, 2.05) is 0 Å². The summed E-state index contributed by atoms with van der Waals surface area (Å²) in [6.07, 6.45) is 0. The van der Waals surface area contributed by atoms with E-state index in [2.05, 4.69) is 0 Å². The molecule has 22 heavy (non-hydrogen) atoms. The Bertz CT molecular complexity index is 759. The van der Waals surface area contributed by atoms with Gasteiger partial charge in [-0.1, -0.05) is 11.6 Å². The minimum atomic E-state index is -1.07. The molecule has 0 aromatic heterocycles. The third kappa shape index (κ3) is 2.27. The number of anilines is 3. The molecule has 0 unspecified atom stereocenters. The zero-order valence-corrected chi connectivity index (χ0v) is 12.8. The molecule has 1 aliphatic heterocycles. The minimum absolute atomic E-state index is 0.271. The van der Waals surface area contributed by atoms with Gasteiger partial charge in [0, 0.05) is 11.8 Å². The highest BCUT2D eigenvalue weighted by Crippen LogP contribution is 2.45. The molecule has 0 bridgehead atoms.